The van der Waals surface area contributed by atoms with E-state index in [1.54, 1.807) is 13.3 Å². The summed E-state index contributed by atoms with van der Waals surface area (Å²) >= 11 is 1.52. The minimum absolute atomic E-state index is 0.605. The van der Waals surface area contributed by atoms with E-state index in [2.05, 4.69) is 37.5 Å². The largest absolute Gasteiger partial charge is 0.497 e. The second-order valence-corrected chi connectivity index (χ2v) is 7.46. The third-order valence-electron chi connectivity index (χ3n) is 4.61. The van der Waals surface area contributed by atoms with Crippen molar-refractivity contribution >= 4 is 34.5 Å². The highest BCUT2D eigenvalue weighted by atomic mass is 32.2. The van der Waals surface area contributed by atoms with Gasteiger partial charge in [-0.2, -0.15) is 15.2 Å². The molecule has 0 bridgehead atoms. The van der Waals surface area contributed by atoms with Crippen molar-refractivity contribution in [1.29, 1.82) is 0 Å². The lowest BCUT2D eigenvalue weighted by atomic mass is 10.1. The summed E-state index contributed by atoms with van der Waals surface area (Å²) in [6.07, 6.45) is 2.59. The van der Waals surface area contributed by atoms with Crippen molar-refractivity contribution in [2.75, 3.05) is 12.9 Å². The highest BCUT2D eigenvalue weighted by Gasteiger charge is 2.13. The predicted molar refractivity (Wildman–Crippen MR) is 115 cm³/mol. The van der Waals surface area contributed by atoms with Crippen LogP contribution in [-0.2, 0) is 0 Å². The molecule has 0 saturated heterocycles. The molecule has 1 aliphatic heterocycles. The molecule has 2 aromatic heterocycles. The molecule has 3 heterocycles. The molecule has 5 rings (SSSR count). The van der Waals surface area contributed by atoms with E-state index in [-0.39, 0.29) is 0 Å². The fourth-order valence-electron chi connectivity index (χ4n) is 3.09. The van der Waals surface area contributed by atoms with Gasteiger partial charge in [-0.15, -0.1) is 5.10 Å². The number of aromatic nitrogens is 3. The number of nitrogens with zero attached hydrogens (tertiary/aromatic N) is 4. The minimum atomic E-state index is 0.605. The molecule has 144 valence electrons. The van der Waals surface area contributed by atoms with Gasteiger partial charge in [0.2, 0.25) is 5.16 Å². The number of ether oxygens (including phenoxy) is 1. The number of methoxy groups -OCH3 is 1. The lowest BCUT2D eigenvalue weighted by Gasteiger charge is -2.04. The lowest BCUT2D eigenvalue weighted by Crippen LogP contribution is -1.98. The van der Waals surface area contributed by atoms with Crippen LogP contribution in [0.25, 0.3) is 33.7 Å². The summed E-state index contributed by atoms with van der Waals surface area (Å²) in [6, 6.07) is 16.1. The van der Waals surface area contributed by atoms with Crippen molar-refractivity contribution < 1.29 is 9.15 Å². The van der Waals surface area contributed by atoms with E-state index in [1.807, 2.05) is 36.4 Å². The van der Waals surface area contributed by atoms with E-state index >= 15 is 0 Å². The Morgan fingerprint density at radius 1 is 1.07 bits per heavy atom. The van der Waals surface area contributed by atoms with Crippen LogP contribution in [0.15, 0.2) is 68.3 Å². The van der Waals surface area contributed by atoms with Crippen molar-refractivity contribution in [3.05, 3.63) is 48.5 Å². The summed E-state index contributed by atoms with van der Waals surface area (Å²) in [4.78, 5) is 4.51. The number of fused-ring (bicyclic) bond motifs is 1. The number of hydrogen-bond donors (Lipinski definition) is 1. The van der Waals surface area contributed by atoms with Gasteiger partial charge in [0.15, 0.2) is 11.6 Å². The van der Waals surface area contributed by atoms with Gasteiger partial charge in [-0.25, -0.2) is 0 Å². The maximum Gasteiger partial charge on any atom is 0.209 e. The Kier molecular flexibility index (Phi) is 4.61. The van der Waals surface area contributed by atoms with Crippen LogP contribution in [0.1, 0.15) is 6.42 Å². The molecule has 0 saturated carbocycles. The Hall–Kier alpha value is -3.39. The van der Waals surface area contributed by atoms with Gasteiger partial charge in [-0.05, 0) is 41.1 Å². The lowest BCUT2D eigenvalue weighted by molar-refractivity contribution is 0.415. The summed E-state index contributed by atoms with van der Waals surface area (Å²) in [5, 5.41) is 18.0. The van der Waals surface area contributed by atoms with E-state index in [0.29, 0.717) is 16.7 Å². The van der Waals surface area contributed by atoms with Crippen molar-refractivity contribution in [2.24, 2.45) is 10.2 Å². The molecule has 29 heavy (non-hydrogen) atoms. The average Bonchev–Trinajstić information content (AvgIpc) is 3.52. The third kappa shape index (κ3) is 3.66. The van der Waals surface area contributed by atoms with E-state index in [4.69, 9.17) is 9.15 Å². The fraction of sp³-hybridized carbons (Fsp3) is 0.143. The van der Waals surface area contributed by atoms with Gasteiger partial charge >= 0.3 is 0 Å². The molecule has 4 aromatic rings. The zero-order valence-corrected chi connectivity index (χ0v) is 16.4. The first-order valence-electron chi connectivity index (χ1n) is 9.09. The predicted octanol–water partition coefficient (Wildman–Crippen LogP) is 4.82. The maximum absolute atomic E-state index is 6.03. The molecule has 0 unspecified atom stereocenters. The first-order chi connectivity index (χ1) is 14.3. The zero-order chi connectivity index (χ0) is 19.6. The fourth-order valence-corrected chi connectivity index (χ4v) is 3.83. The molecule has 2 aromatic carbocycles. The number of benzene rings is 2. The number of rotatable bonds is 6. The van der Waals surface area contributed by atoms with Crippen LogP contribution < -0.4 is 4.74 Å². The van der Waals surface area contributed by atoms with Gasteiger partial charge in [-0.1, -0.05) is 30.0 Å². The Morgan fingerprint density at radius 2 is 1.93 bits per heavy atom. The summed E-state index contributed by atoms with van der Waals surface area (Å²) < 4.78 is 11.3. The van der Waals surface area contributed by atoms with Gasteiger partial charge in [-0.3, -0.25) is 5.10 Å². The molecule has 0 atom stereocenters. The SMILES string of the molecule is COc1ccc2cc(-c3ccc(-c4nc(SCC5=NN=CC5)n[nH]4)o3)ccc2c1. The highest BCUT2D eigenvalue weighted by molar-refractivity contribution is 7.99. The van der Waals surface area contributed by atoms with Gasteiger partial charge in [0.25, 0.3) is 0 Å². The number of H-pyrrole nitrogens is 1. The van der Waals surface area contributed by atoms with Crippen LogP contribution in [0.5, 0.6) is 5.75 Å². The summed E-state index contributed by atoms with van der Waals surface area (Å²) in [5.41, 5.74) is 2.03. The monoisotopic (exact) mass is 403 g/mol. The molecule has 7 nitrogen and oxygen atoms in total. The topological polar surface area (TPSA) is 88.7 Å². The normalized spacial score (nSPS) is 13.2. The Labute approximate surface area is 170 Å². The van der Waals surface area contributed by atoms with Gasteiger partial charge in [0, 0.05) is 24.0 Å². The number of hydrogen-bond acceptors (Lipinski definition) is 7. The smallest absolute Gasteiger partial charge is 0.209 e. The first kappa shape index (κ1) is 17.7. The third-order valence-corrected chi connectivity index (χ3v) is 5.53. The number of furan rings is 1. The van der Waals surface area contributed by atoms with Crippen LogP contribution in [0.3, 0.4) is 0 Å². The van der Waals surface area contributed by atoms with Crippen LogP contribution in [0, 0.1) is 0 Å². The van der Waals surface area contributed by atoms with Crippen molar-refractivity contribution in [3.63, 3.8) is 0 Å². The van der Waals surface area contributed by atoms with Crippen LogP contribution in [0.4, 0.5) is 0 Å². The van der Waals surface area contributed by atoms with Crippen molar-refractivity contribution in [3.8, 4) is 28.7 Å². The first-order valence-corrected chi connectivity index (χ1v) is 10.1. The van der Waals surface area contributed by atoms with Crippen LogP contribution >= 0.6 is 11.8 Å². The van der Waals surface area contributed by atoms with E-state index in [1.165, 1.54) is 11.8 Å². The number of aromatic amines is 1. The molecule has 8 heteroatoms. The van der Waals surface area contributed by atoms with E-state index in [9.17, 15) is 0 Å². The highest BCUT2D eigenvalue weighted by Crippen LogP contribution is 2.31. The number of thioether (sulfide) groups is 1. The Morgan fingerprint density at radius 3 is 2.79 bits per heavy atom. The summed E-state index contributed by atoms with van der Waals surface area (Å²) in [5.74, 6) is 3.60. The minimum Gasteiger partial charge on any atom is -0.497 e. The molecule has 1 N–H and O–H groups in total. The summed E-state index contributed by atoms with van der Waals surface area (Å²) in [7, 11) is 1.67. The quantitative estimate of drug-likeness (QED) is 0.467. The zero-order valence-electron chi connectivity index (χ0n) is 15.6. The molecular formula is C21H17N5O2S. The van der Waals surface area contributed by atoms with Crippen LogP contribution in [0.2, 0.25) is 0 Å². The van der Waals surface area contributed by atoms with E-state index in [0.717, 1.165) is 45.7 Å². The average molecular weight is 403 g/mol. The Bertz CT molecular complexity index is 1240. The standard InChI is InChI=1S/C21H17N5O2S/c1-27-17-5-4-13-10-15(3-2-14(13)11-17)18-6-7-19(28-18)20-23-21(26-25-20)29-12-16-8-9-22-24-16/h2-7,9-11H,8,12H2,1H3,(H,23,25,26). The molecule has 1 aliphatic rings. The molecular weight excluding hydrogens is 386 g/mol. The van der Waals surface area contributed by atoms with E-state index < -0.39 is 0 Å². The summed E-state index contributed by atoms with van der Waals surface area (Å²) in [6.45, 7) is 0. The van der Waals surface area contributed by atoms with Crippen molar-refractivity contribution in [2.45, 2.75) is 11.6 Å². The molecule has 0 radical (unpaired) electrons. The second kappa shape index (κ2) is 7.56. The van der Waals surface area contributed by atoms with Crippen molar-refractivity contribution in [1.82, 2.24) is 15.2 Å². The Balaban J connectivity index is 1.34. The maximum atomic E-state index is 6.03. The number of nitrogens with one attached hydrogen (secondary N) is 1. The van der Waals surface area contributed by atoms with Gasteiger partial charge in [0.1, 0.15) is 11.5 Å². The molecule has 0 spiro atoms. The van der Waals surface area contributed by atoms with Gasteiger partial charge in [0.05, 0.1) is 12.8 Å². The molecule has 0 amide bonds. The second-order valence-electron chi connectivity index (χ2n) is 6.52. The van der Waals surface area contributed by atoms with Gasteiger partial charge < -0.3 is 9.15 Å². The van der Waals surface area contributed by atoms with Crippen LogP contribution in [-0.4, -0.2) is 40.0 Å². The molecule has 0 fully saturated rings. The molecule has 0 aliphatic carbocycles.